The van der Waals surface area contributed by atoms with Crippen molar-refractivity contribution in [2.24, 2.45) is 5.73 Å². The molecule has 0 radical (unpaired) electrons. The summed E-state index contributed by atoms with van der Waals surface area (Å²) in [5.74, 6) is -0.380. The highest BCUT2D eigenvalue weighted by Crippen LogP contribution is 2.40. The zero-order chi connectivity index (χ0) is 20.3. The largest absolute Gasteiger partial charge is 0.378 e. The lowest BCUT2D eigenvalue weighted by atomic mass is 9.90. The van der Waals surface area contributed by atoms with Gasteiger partial charge in [-0.05, 0) is 49.2 Å². The van der Waals surface area contributed by atoms with Crippen LogP contribution in [-0.2, 0) is 20.8 Å². The Bertz CT molecular complexity index is 895. The molecular weight excluding hydrogens is 356 g/mol. The number of nitrogens with two attached hydrogens (primary N) is 1. The van der Waals surface area contributed by atoms with Crippen molar-refractivity contribution in [3.05, 3.63) is 53.6 Å². The molecule has 2 aromatic rings. The van der Waals surface area contributed by atoms with Gasteiger partial charge in [-0.15, -0.1) is 0 Å². The van der Waals surface area contributed by atoms with Gasteiger partial charge in [-0.25, -0.2) is 0 Å². The topological polar surface area (TPSA) is 105 Å². The minimum absolute atomic E-state index is 0.0147. The van der Waals surface area contributed by atoms with E-state index in [9.17, 15) is 14.4 Å². The molecule has 28 heavy (non-hydrogen) atoms. The van der Waals surface area contributed by atoms with E-state index < -0.39 is 0 Å². The SMILES string of the molecule is CC(=O)N1c2ccc(NC=O)cc2C(Nc2ccc(CC(N)=O)cc2)CC1C. The Kier molecular flexibility index (Phi) is 5.63. The van der Waals surface area contributed by atoms with Crippen LogP contribution >= 0.6 is 0 Å². The van der Waals surface area contributed by atoms with Crippen LogP contribution in [0.15, 0.2) is 42.5 Å². The first kappa shape index (κ1) is 19.4. The van der Waals surface area contributed by atoms with Crippen molar-refractivity contribution in [3.8, 4) is 0 Å². The van der Waals surface area contributed by atoms with Gasteiger partial charge >= 0.3 is 0 Å². The molecule has 146 valence electrons. The minimum Gasteiger partial charge on any atom is -0.378 e. The van der Waals surface area contributed by atoms with Gasteiger partial charge in [0, 0.05) is 35.6 Å². The summed E-state index contributed by atoms with van der Waals surface area (Å²) < 4.78 is 0. The number of carbonyl (C=O) groups is 3. The maximum absolute atomic E-state index is 12.2. The van der Waals surface area contributed by atoms with Crippen molar-refractivity contribution < 1.29 is 14.4 Å². The highest BCUT2D eigenvalue weighted by molar-refractivity contribution is 5.94. The molecule has 2 unspecified atom stereocenters. The van der Waals surface area contributed by atoms with Crippen LogP contribution in [-0.4, -0.2) is 24.3 Å². The molecule has 7 nitrogen and oxygen atoms in total. The number of carbonyl (C=O) groups excluding carboxylic acids is 3. The smallest absolute Gasteiger partial charge is 0.224 e. The number of primary amides is 1. The van der Waals surface area contributed by atoms with Crippen molar-refractivity contribution in [2.75, 3.05) is 15.5 Å². The van der Waals surface area contributed by atoms with Crippen molar-refractivity contribution in [1.29, 1.82) is 0 Å². The summed E-state index contributed by atoms with van der Waals surface area (Å²) in [6.45, 7) is 3.58. The van der Waals surface area contributed by atoms with Gasteiger partial charge in [0.05, 0.1) is 12.5 Å². The first-order valence-corrected chi connectivity index (χ1v) is 9.16. The molecule has 4 N–H and O–H groups in total. The van der Waals surface area contributed by atoms with Crippen LogP contribution in [0.4, 0.5) is 17.1 Å². The Morgan fingerprint density at radius 3 is 2.46 bits per heavy atom. The molecule has 2 aromatic carbocycles. The predicted molar refractivity (Wildman–Crippen MR) is 109 cm³/mol. The maximum Gasteiger partial charge on any atom is 0.224 e. The Morgan fingerprint density at radius 2 is 1.86 bits per heavy atom. The lowest BCUT2D eigenvalue weighted by Gasteiger charge is -2.39. The molecule has 0 spiro atoms. The van der Waals surface area contributed by atoms with Gasteiger partial charge in [-0.3, -0.25) is 14.4 Å². The van der Waals surface area contributed by atoms with Crippen LogP contribution in [0, 0.1) is 0 Å². The Balaban J connectivity index is 1.91. The Hall–Kier alpha value is -3.35. The van der Waals surface area contributed by atoms with Crippen LogP contribution in [0.2, 0.25) is 0 Å². The van der Waals surface area contributed by atoms with E-state index in [0.717, 1.165) is 28.9 Å². The maximum atomic E-state index is 12.2. The second-order valence-corrected chi connectivity index (χ2v) is 7.05. The van der Waals surface area contributed by atoms with E-state index in [2.05, 4.69) is 10.6 Å². The van der Waals surface area contributed by atoms with Gasteiger partial charge in [-0.2, -0.15) is 0 Å². The molecule has 0 fully saturated rings. The number of nitrogens with zero attached hydrogens (tertiary/aromatic N) is 1. The lowest BCUT2D eigenvalue weighted by Crippen LogP contribution is -2.43. The monoisotopic (exact) mass is 380 g/mol. The molecular formula is C21H24N4O3. The molecule has 1 heterocycles. The van der Waals surface area contributed by atoms with Gasteiger partial charge in [-0.1, -0.05) is 12.1 Å². The second kappa shape index (κ2) is 8.12. The molecule has 1 aliphatic heterocycles. The molecule has 3 amide bonds. The van der Waals surface area contributed by atoms with Crippen molar-refractivity contribution in [1.82, 2.24) is 0 Å². The first-order valence-electron chi connectivity index (χ1n) is 9.16. The molecule has 1 aliphatic rings. The summed E-state index contributed by atoms with van der Waals surface area (Å²) in [7, 11) is 0. The second-order valence-electron chi connectivity index (χ2n) is 7.05. The van der Waals surface area contributed by atoms with E-state index in [4.69, 9.17) is 5.73 Å². The lowest BCUT2D eigenvalue weighted by molar-refractivity contribution is -0.118. The normalized spacial score (nSPS) is 18.1. The Labute approximate surface area is 163 Å². The summed E-state index contributed by atoms with van der Waals surface area (Å²) in [5.41, 5.74) is 9.46. The molecule has 2 atom stereocenters. The fraction of sp³-hybridized carbons (Fsp3) is 0.286. The number of hydrogen-bond donors (Lipinski definition) is 3. The van der Waals surface area contributed by atoms with E-state index in [1.54, 1.807) is 17.9 Å². The average molecular weight is 380 g/mol. The number of nitrogens with one attached hydrogen (secondary N) is 2. The Morgan fingerprint density at radius 1 is 1.18 bits per heavy atom. The van der Waals surface area contributed by atoms with E-state index >= 15 is 0 Å². The predicted octanol–water partition coefficient (Wildman–Crippen LogP) is 2.58. The van der Waals surface area contributed by atoms with Crippen molar-refractivity contribution in [3.63, 3.8) is 0 Å². The number of anilines is 3. The van der Waals surface area contributed by atoms with Crippen LogP contribution in [0.1, 0.15) is 37.4 Å². The fourth-order valence-electron chi connectivity index (χ4n) is 3.76. The van der Waals surface area contributed by atoms with Crippen molar-refractivity contribution in [2.45, 2.75) is 38.8 Å². The highest BCUT2D eigenvalue weighted by atomic mass is 16.2. The van der Waals surface area contributed by atoms with Gasteiger partial charge in [0.15, 0.2) is 0 Å². The van der Waals surface area contributed by atoms with Gasteiger partial charge < -0.3 is 21.3 Å². The quantitative estimate of drug-likeness (QED) is 0.670. The van der Waals surface area contributed by atoms with E-state index in [1.165, 1.54) is 0 Å². The summed E-state index contributed by atoms with van der Waals surface area (Å²) >= 11 is 0. The summed E-state index contributed by atoms with van der Waals surface area (Å²) in [6.07, 6.45) is 1.56. The minimum atomic E-state index is -0.365. The summed E-state index contributed by atoms with van der Waals surface area (Å²) in [6, 6.07) is 13.1. The molecule has 0 aliphatic carbocycles. The number of amides is 3. The zero-order valence-electron chi connectivity index (χ0n) is 15.9. The third-order valence-corrected chi connectivity index (χ3v) is 4.92. The molecule has 3 rings (SSSR count). The van der Waals surface area contributed by atoms with Gasteiger partial charge in [0.1, 0.15) is 0 Å². The third-order valence-electron chi connectivity index (χ3n) is 4.92. The fourth-order valence-corrected chi connectivity index (χ4v) is 3.76. The average Bonchev–Trinajstić information content (AvgIpc) is 2.63. The first-order chi connectivity index (χ1) is 13.4. The third kappa shape index (κ3) is 4.14. The van der Waals surface area contributed by atoms with Crippen LogP contribution in [0.25, 0.3) is 0 Å². The number of hydrogen-bond acceptors (Lipinski definition) is 4. The molecule has 0 aromatic heterocycles. The van der Waals surface area contributed by atoms with Crippen LogP contribution in [0.5, 0.6) is 0 Å². The molecule has 0 bridgehead atoms. The van der Waals surface area contributed by atoms with E-state index in [0.29, 0.717) is 12.1 Å². The van der Waals surface area contributed by atoms with Crippen molar-refractivity contribution >= 4 is 35.3 Å². The zero-order valence-corrected chi connectivity index (χ0v) is 15.9. The molecule has 0 saturated heterocycles. The van der Waals surface area contributed by atoms with Crippen LogP contribution in [0.3, 0.4) is 0 Å². The molecule has 7 heteroatoms. The summed E-state index contributed by atoms with van der Waals surface area (Å²) in [4.78, 5) is 35.8. The van der Waals surface area contributed by atoms with Gasteiger partial charge in [0.2, 0.25) is 18.2 Å². The van der Waals surface area contributed by atoms with Gasteiger partial charge in [0.25, 0.3) is 0 Å². The number of benzene rings is 2. The number of rotatable bonds is 6. The standard InChI is InChI=1S/C21H24N4O3/c1-13-9-19(24-16-5-3-15(4-6-16)10-21(22)28)18-11-17(23-12-26)7-8-20(18)25(13)14(2)27/h3-8,11-13,19,24H,9-10H2,1-2H3,(H2,22,28)(H,23,26). The highest BCUT2D eigenvalue weighted by Gasteiger charge is 2.32. The van der Waals surface area contributed by atoms with Crippen LogP contribution < -0.4 is 21.3 Å². The van der Waals surface area contributed by atoms with E-state index in [1.807, 2.05) is 43.3 Å². The summed E-state index contributed by atoms with van der Waals surface area (Å²) in [5, 5.41) is 6.17. The number of fused-ring (bicyclic) bond motifs is 1. The van der Waals surface area contributed by atoms with E-state index in [-0.39, 0.29) is 30.3 Å². The molecule has 0 saturated carbocycles.